The van der Waals surface area contributed by atoms with Gasteiger partial charge in [-0.1, -0.05) is 31.6 Å². The smallest absolute Gasteiger partial charge is 0.0223 e. The quantitative estimate of drug-likeness (QED) is 0.358. The summed E-state index contributed by atoms with van der Waals surface area (Å²) in [5, 5.41) is 0. The van der Waals surface area contributed by atoms with Crippen LogP contribution < -0.4 is 0 Å². The van der Waals surface area contributed by atoms with Gasteiger partial charge in [0.25, 0.3) is 0 Å². The summed E-state index contributed by atoms with van der Waals surface area (Å²) in [5.41, 5.74) is 0. The average Bonchev–Trinajstić information content (AvgIpc) is 2.16. The summed E-state index contributed by atoms with van der Waals surface area (Å²) in [6, 6.07) is 0. The molecule has 0 aromatic carbocycles. The lowest BCUT2D eigenvalue weighted by atomic mass is 10.2. The lowest BCUT2D eigenvalue weighted by Gasteiger charge is -1.93. The molecule has 0 atom stereocenters. The molecule has 0 aliphatic carbocycles. The molecule has 0 heterocycles. The standard InChI is InChI=1S/C12H17Cl/c1-2-3-4-5-6-7-8-9-10-11-12-13/h2,7-12H2,1H3. The van der Waals surface area contributed by atoms with E-state index in [9.17, 15) is 0 Å². The molecular formula is C12H17Cl. The van der Waals surface area contributed by atoms with Crippen LogP contribution in [0.15, 0.2) is 0 Å². The molecule has 0 radical (unpaired) electrons. The lowest BCUT2D eigenvalue weighted by molar-refractivity contribution is 0.682. The van der Waals surface area contributed by atoms with E-state index >= 15 is 0 Å². The predicted octanol–water partition coefficient (Wildman–Crippen LogP) is 3.59. The van der Waals surface area contributed by atoms with Gasteiger partial charge in [0.15, 0.2) is 0 Å². The van der Waals surface area contributed by atoms with Gasteiger partial charge in [0.2, 0.25) is 0 Å². The van der Waals surface area contributed by atoms with Crippen LogP contribution in [0.1, 0.15) is 45.4 Å². The van der Waals surface area contributed by atoms with E-state index in [1.165, 1.54) is 19.3 Å². The summed E-state index contributed by atoms with van der Waals surface area (Å²) in [6.07, 6.45) is 6.64. The van der Waals surface area contributed by atoms with Gasteiger partial charge in [-0.3, -0.25) is 0 Å². The molecule has 72 valence electrons. The van der Waals surface area contributed by atoms with Crippen LogP contribution in [-0.4, -0.2) is 5.88 Å². The van der Waals surface area contributed by atoms with Gasteiger partial charge in [0.1, 0.15) is 0 Å². The number of rotatable bonds is 5. The van der Waals surface area contributed by atoms with Gasteiger partial charge >= 0.3 is 0 Å². The van der Waals surface area contributed by atoms with Crippen molar-refractivity contribution in [2.24, 2.45) is 0 Å². The van der Waals surface area contributed by atoms with Gasteiger partial charge < -0.3 is 0 Å². The minimum atomic E-state index is 0.785. The molecule has 0 aliphatic rings. The van der Waals surface area contributed by atoms with E-state index in [1.807, 2.05) is 6.92 Å². The third-order valence-electron chi connectivity index (χ3n) is 1.60. The van der Waals surface area contributed by atoms with Crippen LogP contribution in [0.4, 0.5) is 0 Å². The highest BCUT2D eigenvalue weighted by Crippen LogP contribution is 2.02. The molecule has 0 saturated heterocycles. The van der Waals surface area contributed by atoms with Crippen LogP contribution in [0.25, 0.3) is 0 Å². The maximum Gasteiger partial charge on any atom is 0.0223 e. The zero-order valence-electron chi connectivity index (χ0n) is 8.33. The number of alkyl halides is 1. The van der Waals surface area contributed by atoms with Gasteiger partial charge in [0.05, 0.1) is 0 Å². The molecule has 0 aromatic heterocycles. The third kappa shape index (κ3) is 11.4. The Balaban J connectivity index is 3.18. The molecule has 0 rings (SSSR count). The Morgan fingerprint density at radius 2 is 1.62 bits per heavy atom. The zero-order chi connectivity index (χ0) is 9.78. The summed E-state index contributed by atoms with van der Waals surface area (Å²) < 4.78 is 0. The van der Waals surface area contributed by atoms with Gasteiger partial charge in [0, 0.05) is 18.7 Å². The number of hydrogen-bond acceptors (Lipinski definition) is 0. The van der Waals surface area contributed by atoms with Crippen molar-refractivity contribution in [3.63, 3.8) is 0 Å². The van der Waals surface area contributed by atoms with E-state index in [1.54, 1.807) is 0 Å². The SMILES string of the molecule is CCC#CC#CCCCCCCCl. The minimum Gasteiger partial charge on any atom is -0.127 e. The molecule has 1 heteroatoms. The summed E-state index contributed by atoms with van der Waals surface area (Å²) in [4.78, 5) is 0. The Hall–Kier alpha value is -0.590. The molecule has 0 N–H and O–H groups in total. The predicted molar refractivity (Wildman–Crippen MR) is 59.6 cm³/mol. The second-order valence-electron chi connectivity index (χ2n) is 2.81. The monoisotopic (exact) mass is 196 g/mol. The highest BCUT2D eigenvalue weighted by atomic mass is 35.5. The van der Waals surface area contributed by atoms with Crippen molar-refractivity contribution in [2.45, 2.75) is 45.4 Å². The van der Waals surface area contributed by atoms with Crippen molar-refractivity contribution in [3.8, 4) is 23.7 Å². The molecule has 0 spiro atoms. The molecule has 0 nitrogen and oxygen atoms in total. The van der Waals surface area contributed by atoms with Crippen LogP contribution >= 0.6 is 11.6 Å². The van der Waals surface area contributed by atoms with Crippen LogP contribution in [0, 0.1) is 23.7 Å². The van der Waals surface area contributed by atoms with Crippen molar-refractivity contribution in [1.29, 1.82) is 0 Å². The van der Waals surface area contributed by atoms with Crippen LogP contribution in [0.3, 0.4) is 0 Å². The fourth-order valence-corrected chi connectivity index (χ4v) is 1.09. The first kappa shape index (κ1) is 12.4. The zero-order valence-corrected chi connectivity index (χ0v) is 9.08. The first-order valence-corrected chi connectivity index (χ1v) is 5.47. The second kappa shape index (κ2) is 11.4. The fraction of sp³-hybridized carbons (Fsp3) is 0.667. The molecule has 0 amide bonds. The van der Waals surface area contributed by atoms with E-state index in [4.69, 9.17) is 11.6 Å². The minimum absolute atomic E-state index is 0.785. The Bertz CT molecular complexity index is 209. The summed E-state index contributed by atoms with van der Waals surface area (Å²) in [6.45, 7) is 2.03. The third-order valence-corrected chi connectivity index (χ3v) is 1.87. The van der Waals surface area contributed by atoms with E-state index in [0.717, 1.165) is 25.1 Å². The second-order valence-corrected chi connectivity index (χ2v) is 3.19. The number of unbranched alkanes of at least 4 members (excludes halogenated alkanes) is 4. The summed E-state index contributed by atoms with van der Waals surface area (Å²) in [5.74, 6) is 12.4. The van der Waals surface area contributed by atoms with Gasteiger partial charge in [-0.25, -0.2) is 0 Å². The Labute approximate surface area is 87.1 Å². The molecule has 0 unspecified atom stereocenters. The van der Waals surface area contributed by atoms with Crippen LogP contribution in [0.5, 0.6) is 0 Å². The molecule has 0 aliphatic heterocycles. The van der Waals surface area contributed by atoms with E-state index < -0.39 is 0 Å². The molecule has 0 aromatic rings. The molecule has 0 bridgehead atoms. The van der Waals surface area contributed by atoms with E-state index in [0.29, 0.717) is 0 Å². The van der Waals surface area contributed by atoms with Crippen molar-refractivity contribution in [1.82, 2.24) is 0 Å². The van der Waals surface area contributed by atoms with Crippen molar-refractivity contribution >= 4 is 11.6 Å². The number of hydrogen-bond donors (Lipinski definition) is 0. The summed E-state index contributed by atoms with van der Waals surface area (Å²) >= 11 is 5.55. The van der Waals surface area contributed by atoms with Gasteiger partial charge in [-0.2, -0.15) is 0 Å². The molecule has 13 heavy (non-hydrogen) atoms. The van der Waals surface area contributed by atoms with Crippen LogP contribution in [0.2, 0.25) is 0 Å². The number of halogens is 1. The first-order valence-electron chi connectivity index (χ1n) is 4.93. The summed E-state index contributed by atoms with van der Waals surface area (Å²) in [7, 11) is 0. The Morgan fingerprint density at radius 3 is 2.31 bits per heavy atom. The Kier molecular flexibility index (Phi) is 10.9. The normalized spacial score (nSPS) is 8.15. The largest absolute Gasteiger partial charge is 0.127 e. The Morgan fingerprint density at radius 1 is 0.923 bits per heavy atom. The maximum atomic E-state index is 5.55. The lowest BCUT2D eigenvalue weighted by Crippen LogP contribution is -1.77. The topological polar surface area (TPSA) is 0 Å². The van der Waals surface area contributed by atoms with Crippen molar-refractivity contribution in [3.05, 3.63) is 0 Å². The van der Waals surface area contributed by atoms with Gasteiger partial charge in [-0.05, 0) is 24.7 Å². The van der Waals surface area contributed by atoms with Crippen molar-refractivity contribution < 1.29 is 0 Å². The first-order chi connectivity index (χ1) is 6.41. The fourth-order valence-electron chi connectivity index (χ4n) is 0.901. The molecular weight excluding hydrogens is 180 g/mol. The van der Waals surface area contributed by atoms with E-state index in [-0.39, 0.29) is 0 Å². The highest BCUT2D eigenvalue weighted by Gasteiger charge is 1.86. The maximum absolute atomic E-state index is 5.55. The molecule has 0 saturated carbocycles. The van der Waals surface area contributed by atoms with Crippen LogP contribution in [-0.2, 0) is 0 Å². The highest BCUT2D eigenvalue weighted by molar-refractivity contribution is 6.17. The van der Waals surface area contributed by atoms with E-state index in [2.05, 4.69) is 23.7 Å². The molecule has 0 fully saturated rings. The van der Waals surface area contributed by atoms with Crippen molar-refractivity contribution in [2.75, 3.05) is 5.88 Å². The average molecular weight is 197 g/mol. The van der Waals surface area contributed by atoms with Gasteiger partial charge in [-0.15, -0.1) is 11.6 Å².